The largest absolute Gasteiger partial charge is 0.497 e. The van der Waals surface area contributed by atoms with Crippen molar-refractivity contribution in [2.75, 3.05) is 14.2 Å². The highest BCUT2D eigenvalue weighted by molar-refractivity contribution is 5.98. The molecule has 1 heterocycles. The molecule has 0 unspecified atom stereocenters. The third kappa shape index (κ3) is 2.96. The van der Waals surface area contributed by atoms with E-state index in [1.165, 1.54) is 39.3 Å². The number of rotatable bonds is 3. The molecular formula is C14H15F3N2O4. The molecule has 1 aromatic rings. The second-order valence-corrected chi connectivity index (χ2v) is 5.04. The van der Waals surface area contributed by atoms with Crippen LogP contribution in [0.5, 0.6) is 11.5 Å². The molecule has 9 heteroatoms. The lowest BCUT2D eigenvalue weighted by atomic mass is 10.1. The van der Waals surface area contributed by atoms with E-state index in [9.17, 15) is 23.1 Å². The minimum absolute atomic E-state index is 0.00645. The van der Waals surface area contributed by atoms with E-state index < -0.39 is 24.2 Å². The summed E-state index contributed by atoms with van der Waals surface area (Å²) in [6, 6.07) is 3.95. The van der Waals surface area contributed by atoms with Gasteiger partial charge in [0.05, 0.1) is 14.2 Å². The number of alkyl halides is 3. The highest BCUT2D eigenvalue weighted by atomic mass is 19.4. The first-order chi connectivity index (χ1) is 10.6. The Hall–Kier alpha value is -2.29. The van der Waals surface area contributed by atoms with E-state index in [4.69, 9.17) is 9.47 Å². The molecule has 23 heavy (non-hydrogen) atoms. The third-order valence-electron chi connectivity index (χ3n) is 3.37. The Labute approximate surface area is 130 Å². The second kappa shape index (κ2) is 5.73. The molecule has 0 aromatic heterocycles. The lowest BCUT2D eigenvalue weighted by molar-refractivity contribution is -0.297. The van der Waals surface area contributed by atoms with E-state index >= 15 is 0 Å². The van der Waals surface area contributed by atoms with Crippen molar-refractivity contribution in [1.82, 2.24) is 5.01 Å². The van der Waals surface area contributed by atoms with Crippen LogP contribution in [0.4, 0.5) is 13.2 Å². The Morgan fingerprint density at radius 3 is 2.22 bits per heavy atom. The van der Waals surface area contributed by atoms with Gasteiger partial charge in [0.15, 0.2) is 0 Å². The quantitative estimate of drug-likeness (QED) is 0.921. The molecule has 0 spiro atoms. The van der Waals surface area contributed by atoms with Crippen LogP contribution < -0.4 is 9.47 Å². The van der Waals surface area contributed by atoms with Gasteiger partial charge in [-0.05, 0) is 19.1 Å². The van der Waals surface area contributed by atoms with Gasteiger partial charge in [-0.15, -0.1) is 0 Å². The molecule has 2 rings (SSSR count). The van der Waals surface area contributed by atoms with Gasteiger partial charge in [-0.3, -0.25) is 4.79 Å². The van der Waals surface area contributed by atoms with Gasteiger partial charge >= 0.3 is 6.18 Å². The van der Waals surface area contributed by atoms with Crippen LogP contribution in [0.2, 0.25) is 0 Å². The topological polar surface area (TPSA) is 71.4 Å². The lowest BCUT2D eigenvalue weighted by Crippen LogP contribution is -2.56. The highest BCUT2D eigenvalue weighted by Crippen LogP contribution is 2.41. The van der Waals surface area contributed by atoms with Crippen LogP contribution in [-0.2, 0) is 0 Å². The Morgan fingerprint density at radius 2 is 1.78 bits per heavy atom. The van der Waals surface area contributed by atoms with Crippen LogP contribution in [-0.4, -0.2) is 47.9 Å². The van der Waals surface area contributed by atoms with Crippen molar-refractivity contribution in [3.8, 4) is 11.5 Å². The number of nitrogens with zero attached hydrogens (tertiary/aromatic N) is 2. The summed E-state index contributed by atoms with van der Waals surface area (Å²) in [6.45, 7) is 1.30. The molecule has 0 aliphatic carbocycles. The first kappa shape index (κ1) is 17.1. The van der Waals surface area contributed by atoms with E-state index in [1.807, 2.05) is 0 Å². The maximum atomic E-state index is 13.2. The minimum atomic E-state index is -5.05. The Balaban J connectivity index is 2.46. The molecule has 0 bridgehead atoms. The zero-order valence-corrected chi connectivity index (χ0v) is 12.6. The number of ether oxygens (including phenoxy) is 2. The van der Waals surface area contributed by atoms with Crippen LogP contribution in [0.1, 0.15) is 23.7 Å². The summed E-state index contributed by atoms with van der Waals surface area (Å²) in [7, 11) is 2.68. The number of carbonyl (C=O) groups is 1. The number of carbonyl (C=O) groups excluding carboxylic acids is 1. The Bertz CT molecular complexity index is 638. The fraction of sp³-hybridized carbons (Fsp3) is 0.429. The van der Waals surface area contributed by atoms with Gasteiger partial charge in [-0.1, -0.05) is 0 Å². The molecule has 0 fully saturated rings. The number of hydrazone groups is 1. The van der Waals surface area contributed by atoms with Crippen LogP contribution >= 0.6 is 0 Å². The summed E-state index contributed by atoms with van der Waals surface area (Å²) in [5.74, 6) is -0.662. The number of hydrogen-bond donors (Lipinski definition) is 1. The van der Waals surface area contributed by atoms with Crippen molar-refractivity contribution >= 4 is 11.6 Å². The molecule has 0 saturated heterocycles. The first-order valence-corrected chi connectivity index (χ1v) is 6.53. The fourth-order valence-corrected chi connectivity index (χ4v) is 2.21. The van der Waals surface area contributed by atoms with Crippen molar-refractivity contribution in [2.45, 2.75) is 25.2 Å². The SMILES string of the molecule is COc1cc(OC)cc(C(=O)N2N=C(C)C[C@@]2(O)C(F)(F)F)c1. The Morgan fingerprint density at radius 1 is 1.26 bits per heavy atom. The summed E-state index contributed by atoms with van der Waals surface area (Å²) >= 11 is 0. The number of halogens is 3. The van der Waals surface area contributed by atoms with Crippen molar-refractivity contribution in [1.29, 1.82) is 0 Å². The molecule has 1 atom stereocenters. The maximum Gasteiger partial charge on any atom is 0.438 e. The summed E-state index contributed by atoms with van der Waals surface area (Å²) in [5, 5.41) is 13.5. The lowest BCUT2D eigenvalue weighted by Gasteiger charge is -2.32. The zero-order chi connectivity index (χ0) is 17.4. The van der Waals surface area contributed by atoms with Crippen molar-refractivity contribution in [3.63, 3.8) is 0 Å². The van der Waals surface area contributed by atoms with Gasteiger partial charge in [-0.25, -0.2) is 0 Å². The monoisotopic (exact) mass is 332 g/mol. The van der Waals surface area contributed by atoms with Crippen LogP contribution in [0.25, 0.3) is 0 Å². The second-order valence-electron chi connectivity index (χ2n) is 5.04. The predicted molar refractivity (Wildman–Crippen MR) is 74.4 cm³/mol. The molecule has 6 nitrogen and oxygen atoms in total. The minimum Gasteiger partial charge on any atom is -0.497 e. The zero-order valence-electron chi connectivity index (χ0n) is 12.6. The average molecular weight is 332 g/mol. The smallest absolute Gasteiger partial charge is 0.438 e. The van der Waals surface area contributed by atoms with Gasteiger partial charge in [0, 0.05) is 23.8 Å². The number of aliphatic hydroxyl groups is 1. The maximum absolute atomic E-state index is 13.2. The summed E-state index contributed by atoms with van der Waals surface area (Å²) in [6.07, 6.45) is -5.85. The average Bonchev–Trinajstić information content (AvgIpc) is 2.81. The molecular weight excluding hydrogens is 317 g/mol. The molecule has 1 aliphatic rings. The van der Waals surface area contributed by atoms with E-state index in [-0.39, 0.29) is 27.8 Å². The molecule has 1 amide bonds. The number of methoxy groups -OCH3 is 2. The van der Waals surface area contributed by atoms with Crippen molar-refractivity contribution < 1.29 is 32.5 Å². The summed E-state index contributed by atoms with van der Waals surface area (Å²) in [4.78, 5) is 12.4. The van der Waals surface area contributed by atoms with Crippen LogP contribution in [0.15, 0.2) is 23.3 Å². The summed E-state index contributed by atoms with van der Waals surface area (Å²) in [5.41, 5.74) is -3.53. The van der Waals surface area contributed by atoms with Gasteiger partial charge in [0.2, 0.25) is 0 Å². The first-order valence-electron chi connectivity index (χ1n) is 6.53. The van der Waals surface area contributed by atoms with Gasteiger partial charge in [0.25, 0.3) is 11.6 Å². The van der Waals surface area contributed by atoms with E-state index in [0.29, 0.717) is 0 Å². The number of amides is 1. The van der Waals surface area contributed by atoms with Crippen LogP contribution in [0.3, 0.4) is 0 Å². The predicted octanol–water partition coefficient (Wildman–Crippen LogP) is 2.18. The van der Waals surface area contributed by atoms with Crippen LogP contribution in [0, 0.1) is 0 Å². The third-order valence-corrected chi connectivity index (χ3v) is 3.37. The van der Waals surface area contributed by atoms with Gasteiger partial charge in [-0.2, -0.15) is 23.3 Å². The Kier molecular flexibility index (Phi) is 4.25. The van der Waals surface area contributed by atoms with Crippen molar-refractivity contribution in [2.24, 2.45) is 5.10 Å². The van der Waals surface area contributed by atoms with E-state index in [1.54, 1.807) is 0 Å². The van der Waals surface area contributed by atoms with Gasteiger partial charge in [0.1, 0.15) is 11.5 Å². The molecule has 1 aliphatic heterocycles. The molecule has 0 saturated carbocycles. The van der Waals surface area contributed by atoms with E-state index in [0.717, 1.165) is 0 Å². The fourth-order valence-electron chi connectivity index (χ4n) is 2.21. The molecule has 126 valence electrons. The molecule has 1 N–H and O–H groups in total. The number of hydrogen-bond acceptors (Lipinski definition) is 5. The van der Waals surface area contributed by atoms with Gasteiger partial charge < -0.3 is 14.6 Å². The molecule has 1 aromatic carbocycles. The van der Waals surface area contributed by atoms with Crippen molar-refractivity contribution in [3.05, 3.63) is 23.8 Å². The standard InChI is InChI=1S/C14H15F3N2O4/c1-8-7-13(21,14(15,16)17)19(18-8)12(20)9-4-10(22-2)6-11(5-9)23-3/h4-6,21H,7H2,1-3H3/t13-/m1/s1. The molecule has 0 radical (unpaired) electrons. The normalized spacial score (nSPS) is 21.2. The number of benzene rings is 1. The summed E-state index contributed by atoms with van der Waals surface area (Å²) < 4.78 is 49.5. The van der Waals surface area contributed by atoms with E-state index in [2.05, 4.69) is 5.10 Å². The highest BCUT2D eigenvalue weighted by Gasteiger charge is 2.62.